The maximum Gasteiger partial charge on any atom is 0.107 e. The van der Waals surface area contributed by atoms with E-state index in [1.807, 2.05) is 7.05 Å². The molecule has 18 heavy (non-hydrogen) atoms. The molecule has 4 nitrogen and oxygen atoms in total. The second-order valence-electron chi connectivity index (χ2n) is 5.02. The van der Waals surface area contributed by atoms with Crippen LogP contribution >= 0.6 is 11.3 Å². The molecule has 1 saturated heterocycles. The van der Waals surface area contributed by atoms with E-state index in [4.69, 9.17) is 4.74 Å². The third-order valence-electron chi connectivity index (χ3n) is 3.27. The molecule has 1 aliphatic heterocycles. The molecule has 1 aromatic heterocycles. The fraction of sp³-hybridized carbons (Fsp3) is 0.769. The first-order valence-electron chi connectivity index (χ1n) is 6.62. The van der Waals surface area contributed by atoms with E-state index < -0.39 is 0 Å². The summed E-state index contributed by atoms with van der Waals surface area (Å²) in [5.74, 6) is 0.791. The summed E-state index contributed by atoms with van der Waals surface area (Å²) in [5.41, 5.74) is 1.19. The van der Waals surface area contributed by atoms with Crippen molar-refractivity contribution in [1.82, 2.24) is 15.2 Å². The average Bonchev–Trinajstić information content (AvgIpc) is 2.78. The molecule has 1 fully saturated rings. The molecule has 0 bridgehead atoms. The van der Waals surface area contributed by atoms with E-state index in [0.717, 1.165) is 38.8 Å². The zero-order valence-corrected chi connectivity index (χ0v) is 12.1. The van der Waals surface area contributed by atoms with Crippen molar-refractivity contribution in [1.29, 1.82) is 0 Å². The van der Waals surface area contributed by atoms with Gasteiger partial charge < -0.3 is 15.0 Å². The molecule has 0 radical (unpaired) electrons. The van der Waals surface area contributed by atoms with Crippen LogP contribution in [0.15, 0.2) is 5.38 Å². The van der Waals surface area contributed by atoms with Crippen LogP contribution in [0.4, 0.5) is 0 Å². The first-order chi connectivity index (χ1) is 8.78. The van der Waals surface area contributed by atoms with Crippen molar-refractivity contribution in [3.8, 4) is 0 Å². The lowest BCUT2D eigenvalue weighted by atomic mass is 10.00. The van der Waals surface area contributed by atoms with Crippen LogP contribution in [0.3, 0.4) is 0 Å². The summed E-state index contributed by atoms with van der Waals surface area (Å²) in [6.45, 7) is 4.84. The Hall–Kier alpha value is -0.490. The van der Waals surface area contributed by atoms with Gasteiger partial charge in [-0.05, 0) is 32.9 Å². The van der Waals surface area contributed by atoms with Gasteiger partial charge in [-0.25, -0.2) is 4.98 Å². The van der Waals surface area contributed by atoms with Crippen LogP contribution in [-0.4, -0.2) is 43.7 Å². The van der Waals surface area contributed by atoms with Crippen molar-refractivity contribution in [3.63, 3.8) is 0 Å². The molecule has 0 saturated carbocycles. The monoisotopic (exact) mass is 269 g/mol. The lowest BCUT2D eigenvalue weighted by Gasteiger charge is -2.26. The minimum Gasteiger partial charge on any atom is -0.381 e. The molecule has 0 aliphatic carbocycles. The molecular formula is C13H23N3OS. The Balaban J connectivity index is 1.76. The molecule has 1 aliphatic rings. The van der Waals surface area contributed by atoms with E-state index >= 15 is 0 Å². The van der Waals surface area contributed by atoms with Gasteiger partial charge >= 0.3 is 0 Å². The van der Waals surface area contributed by atoms with Crippen LogP contribution in [-0.2, 0) is 17.8 Å². The van der Waals surface area contributed by atoms with E-state index in [2.05, 4.69) is 27.6 Å². The Morgan fingerprint density at radius 2 is 2.28 bits per heavy atom. The van der Waals surface area contributed by atoms with E-state index in [-0.39, 0.29) is 0 Å². The van der Waals surface area contributed by atoms with Crippen molar-refractivity contribution in [3.05, 3.63) is 16.1 Å². The van der Waals surface area contributed by atoms with Crippen LogP contribution in [0.1, 0.15) is 23.5 Å². The molecule has 102 valence electrons. The zero-order valence-electron chi connectivity index (χ0n) is 11.3. The lowest BCUT2D eigenvalue weighted by molar-refractivity contribution is 0.0548. The first-order valence-corrected chi connectivity index (χ1v) is 7.50. The summed E-state index contributed by atoms with van der Waals surface area (Å²) < 4.78 is 5.39. The van der Waals surface area contributed by atoms with Gasteiger partial charge in [0.05, 0.1) is 5.69 Å². The van der Waals surface area contributed by atoms with Gasteiger partial charge in [0, 0.05) is 38.2 Å². The number of aromatic nitrogens is 1. The normalized spacial score (nSPS) is 17.5. The van der Waals surface area contributed by atoms with E-state index in [1.165, 1.54) is 23.5 Å². The van der Waals surface area contributed by atoms with Gasteiger partial charge in [-0.3, -0.25) is 0 Å². The van der Waals surface area contributed by atoms with Crippen molar-refractivity contribution < 1.29 is 4.74 Å². The summed E-state index contributed by atoms with van der Waals surface area (Å²) in [5, 5.41) is 6.48. The predicted octanol–water partition coefficient (Wildman–Crippen LogP) is 1.72. The van der Waals surface area contributed by atoms with Gasteiger partial charge in [0.1, 0.15) is 5.01 Å². The van der Waals surface area contributed by atoms with Gasteiger partial charge in [-0.2, -0.15) is 0 Å². The summed E-state index contributed by atoms with van der Waals surface area (Å²) in [6, 6.07) is 0. The van der Waals surface area contributed by atoms with Crippen molar-refractivity contribution in [2.24, 2.45) is 5.92 Å². The summed E-state index contributed by atoms with van der Waals surface area (Å²) in [4.78, 5) is 7.01. The quantitative estimate of drug-likeness (QED) is 0.853. The first kappa shape index (κ1) is 13.9. The van der Waals surface area contributed by atoms with Crippen molar-refractivity contribution in [2.75, 3.05) is 33.9 Å². The fourth-order valence-corrected chi connectivity index (χ4v) is 3.16. The van der Waals surface area contributed by atoms with Crippen LogP contribution in [0.5, 0.6) is 0 Å². The Kier molecular flexibility index (Phi) is 5.56. The third kappa shape index (κ3) is 4.31. The largest absolute Gasteiger partial charge is 0.381 e. The van der Waals surface area contributed by atoms with Gasteiger partial charge in [0.2, 0.25) is 0 Å². The van der Waals surface area contributed by atoms with Crippen LogP contribution in [0.2, 0.25) is 0 Å². The summed E-state index contributed by atoms with van der Waals surface area (Å²) >= 11 is 1.74. The summed E-state index contributed by atoms with van der Waals surface area (Å²) in [7, 11) is 4.14. The molecule has 1 N–H and O–H groups in total. The van der Waals surface area contributed by atoms with Gasteiger partial charge in [0.25, 0.3) is 0 Å². The predicted molar refractivity (Wildman–Crippen MR) is 74.8 cm³/mol. The Morgan fingerprint density at radius 3 is 3.00 bits per heavy atom. The topological polar surface area (TPSA) is 37.4 Å². The number of hydrogen-bond acceptors (Lipinski definition) is 5. The molecule has 0 amide bonds. The molecule has 2 rings (SSSR count). The molecular weight excluding hydrogens is 246 g/mol. The number of hydrogen-bond donors (Lipinski definition) is 1. The molecule has 1 aromatic rings. The molecule has 0 unspecified atom stereocenters. The molecule has 5 heteroatoms. The van der Waals surface area contributed by atoms with Crippen molar-refractivity contribution >= 4 is 11.3 Å². The number of nitrogens with one attached hydrogen (secondary N) is 1. The zero-order chi connectivity index (χ0) is 12.8. The van der Waals surface area contributed by atoms with Gasteiger partial charge in [-0.1, -0.05) is 0 Å². The van der Waals surface area contributed by atoms with Gasteiger partial charge in [-0.15, -0.1) is 11.3 Å². The molecule has 0 atom stereocenters. The highest BCUT2D eigenvalue weighted by Gasteiger charge is 2.16. The standard InChI is InChI=1S/C13H23N3OS/c1-14-7-13-15-12(10-18-13)9-16(2)8-11-3-5-17-6-4-11/h10-11,14H,3-9H2,1-2H3. The molecule has 2 heterocycles. The van der Waals surface area contributed by atoms with Crippen molar-refractivity contribution in [2.45, 2.75) is 25.9 Å². The smallest absolute Gasteiger partial charge is 0.107 e. The maximum atomic E-state index is 5.39. The Bertz CT molecular complexity index is 350. The molecule has 0 aromatic carbocycles. The SMILES string of the molecule is CNCc1nc(CN(C)CC2CCOCC2)cs1. The van der Waals surface area contributed by atoms with Crippen LogP contribution in [0.25, 0.3) is 0 Å². The highest BCUT2D eigenvalue weighted by atomic mass is 32.1. The Morgan fingerprint density at radius 1 is 1.50 bits per heavy atom. The average molecular weight is 269 g/mol. The van der Waals surface area contributed by atoms with Crippen LogP contribution in [0, 0.1) is 5.92 Å². The number of rotatable bonds is 6. The summed E-state index contributed by atoms with van der Waals surface area (Å²) in [6.07, 6.45) is 2.40. The molecule has 0 spiro atoms. The van der Waals surface area contributed by atoms with Gasteiger partial charge in [0.15, 0.2) is 0 Å². The fourth-order valence-electron chi connectivity index (χ4n) is 2.36. The number of nitrogens with zero attached hydrogens (tertiary/aromatic N) is 2. The Labute approximate surface area is 113 Å². The minimum absolute atomic E-state index is 0.791. The number of ether oxygens (including phenoxy) is 1. The third-order valence-corrected chi connectivity index (χ3v) is 4.17. The number of thiazole rings is 1. The highest BCUT2D eigenvalue weighted by molar-refractivity contribution is 7.09. The maximum absolute atomic E-state index is 5.39. The van der Waals surface area contributed by atoms with E-state index in [1.54, 1.807) is 11.3 Å². The second-order valence-corrected chi connectivity index (χ2v) is 5.96. The van der Waals surface area contributed by atoms with Crippen LogP contribution < -0.4 is 5.32 Å². The lowest BCUT2D eigenvalue weighted by Crippen LogP contribution is -2.29. The minimum atomic E-state index is 0.791. The second kappa shape index (κ2) is 7.19. The highest BCUT2D eigenvalue weighted by Crippen LogP contribution is 2.17. The van der Waals surface area contributed by atoms with E-state index in [0.29, 0.717) is 0 Å². The van der Waals surface area contributed by atoms with E-state index in [9.17, 15) is 0 Å².